The molecule has 11 amide bonds. The number of likely N-dealkylation sites (N-methyl/N-ethyl adjacent to an activating group) is 7. The van der Waals surface area contributed by atoms with Crippen LogP contribution < -0.4 is 21.3 Å². The molecule has 0 aromatic rings. The topological polar surface area (TPSA) is 282 Å². The van der Waals surface area contributed by atoms with E-state index >= 15 is 19.2 Å². The number of unbranched alkanes of at least 4 members (excludes halogenated alkanes) is 1. The maximum absolute atomic E-state index is 15.3. The Morgan fingerprint density at radius 1 is 0.484 bits per heavy atom. The largest absolute Gasteiger partial charge is 0.390 e. The van der Waals surface area contributed by atoms with E-state index < -0.39 is 156 Å². The van der Waals surface area contributed by atoms with Gasteiger partial charge in [0, 0.05) is 49.3 Å². The number of hydrogen-bond acceptors (Lipinski definition) is 13. The summed E-state index contributed by atoms with van der Waals surface area (Å²) in [5.41, 5.74) is 0. The number of nitrogens with one attached hydrogen (secondary N) is 4. The Morgan fingerprint density at radius 3 is 1.39 bits per heavy atom. The highest BCUT2D eigenvalue weighted by Gasteiger charge is 2.46. The van der Waals surface area contributed by atoms with Crippen LogP contribution in [0.4, 0.5) is 0 Å². The molecule has 0 unspecified atom stereocenters. The van der Waals surface area contributed by atoms with Gasteiger partial charge in [-0.2, -0.15) is 0 Å². The lowest BCUT2D eigenvalue weighted by molar-refractivity contribution is -0.157. The first-order valence-electron chi connectivity index (χ1n) is 34.3. The molecule has 0 radical (unpaired) electrons. The van der Waals surface area contributed by atoms with Crippen molar-refractivity contribution in [1.29, 1.82) is 0 Å². The third-order valence-electron chi connectivity index (χ3n) is 18.1. The van der Waals surface area contributed by atoms with Gasteiger partial charge in [0.05, 0.1) is 12.6 Å². The Kier molecular flexibility index (Phi) is 36.7. The monoisotopic (exact) mass is 1310 g/mol. The highest BCUT2D eigenvalue weighted by molar-refractivity contribution is 5.99. The van der Waals surface area contributed by atoms with E-state index in [-0.39, 0.29) is 62.2 Å². The van der Waals surface area contributed by atoms with Crippen molar-refractivity contribution in [3.63, 3.8) is 0 Å². The molecule has 0 aromatic heterocycles. The zero-order valence-corrected chi connectivity index (χ0v) is 61.8. The molecule has 1 saturated heterocycles. The lowest BCUT2D eigenvalue weighted by Gasteiger charge is -2.41. The van der Waals surface area contributed by atoms with Crippen molar-refractivity contribution in [2.75, 3.05) is 75.5 Å². The smallest absolute Gasteiger partial charge is 0.246 e. The quantitative estimate of drug-likeness (QED) is 0.0723. The minimum atomic E-state index is -1.62. The van der Waals surface area contributed by atoms with E-state index in [4.69, 9.17) is 0 Å². The van der Waals surface area contributed by atoms with Crippen LogP contribution in [0.15, 0.2) is 12.2 Å². The number of hydrogen-bond donors (Lipinski definition) is 5. The number of carbonyl (C=O) groups is 11. The van der Waals surface area contributed by atoms with E-state index in [1.807, 2.05) is 68.4 Å². The van der Waals surface area contributed by atoms with Gasteiger partial charge in [-0.1, -0.05) is 123 Å². The maximum atomic E-state index is 15.3. The average molecular weight is 1320 g/mol. The molecule has 0 saturated carbocycles. The molecule has 1 rings (SSSR count). The van der Waals surface area contributed by atoms with Gasteiger partial charge in [-0.3, -0.25) is 52.7 Å². The third kappa shape index (κ3) is 25.2. The lowest BCUT2D eigenvalue weighted by atomic mass is 9.91. The second-order valence-electron chi connectivity index (χ2n) is 28.4. The summed E-state index contributed by atoms with van der Waals surface area (Å²) in [6.07, 6.45) is 4.41. The first-order valence-corrected chi connectivity index (χ1v) is 34.3. The fourth-order valence-corrected chi connectivity index (χ4v) is 12.0. The summed E-state index contributed by atoms with van der Waals surface area (Å²) in [5, 5.41) is 23.5. The van der Waals surface area contributed by atoms with Crippen LogP contribution in [0.1, 0.15) is 182 Å². The van der Waals surface area contributed by atoms with Crippen molar-refractivity contribution in [2.24, 2.45) is 41.4 Å². The Bertz CT molecular complexity index is 2490. The van der Waals surface area contributed by atoms with Crippen LogP contribution in [0.25, 0.3) is 0 Å². The lowest BCUT2D eigenvalue weighted by Crippen LogP contribution is -2.63. The number of allylic oxidation sites excluding steroid dienone is 2. The Balaban J connectivity index is 4.48. The Morgan fingerprint density at radius 2 is 0.925 bits per heavy atom. The first kappa shape index (κ1) is 84.8. The van der Waals surface area contributed by atoms with Gasteiger partial charge in [-0.25, -0.2) is 0 Å². The molecule has 534 valence electrons. The van der Waals surface area contributed by atoms with Gasteiger partial charge in [0.2, 0.25) is 65.0 Å². The first-order chi connectivity index (χ1) is 43.2. The number of aliphatic hydroxyl groups is 1. The molecule has 1 fully saturated rings. The number of aliphatic hydroxyl groups excluding tert-OH is 1. The molecule has 0 spiro atoms. The van der Waals surface area contributed by atoms with E-state index in [1.165, 1.54) is 80.8 Å². The summed E-state index contributed by atoms with van der Waals surface area (Å²) in [4.78, 5) is 174. The summed E-state index contributed by atoms with van der Waals surface area (Å²) in [6.45, 7) is 34.6. The van der Waals surface area contributed by atoms with Gasteiger partial charge >= 0.3 is 0 Å². The fraction of sp³-hybridized carbons (Fsp3) is 0.812. The van der Waals surface area contributed by atoms with E-state index in [0.717, 1.165) is 29.4 Å². The minimum absolute atomic E-state index is 0.0216. The van der Waals surface area contributed by atoms with Crippen LogP contribution in [0, 0.1) is 41.4 Å². The molecule has 0 aliphatic carbocycles. The zero-order valence-electron chi connectivity index (χ0n) is 61.8. The van der Waals surface area contributed by atoms with Gasteiger partial charge in [0.1, 0.15) is 60.4 Å². The minimum Gasteiger partial charge on any atom is -0.390 e. The number of nitrogens with zero attached hydrogens (tertiary/aromatic N) is 8. The third-order valence-corrected chi connectivity index (χ3v) is 18.1. The second-order valence-corrected chi connectivity index (χ2v) is 28.4. The van der Waals surface area contributed by atoms with Crippen LogP contribution in [0.2, 0.25) is 0 Å². The normalized spacial score (nSPS) is 25.7. The highest BCUT2D eigenvalue weighted by atomic mass is 16.3. The second kappa shape index (κ2) is 40.3. The van der Waals surface area contributed by atoms with Crippen LogP contribution in [0.5, 0.6) is 0 Å². The van der Waals surface area contributed by atoms with Gasteiger partial charge < -0.3 is 65.6 Å². The molecule has 93 heavy (non-hydrogen) atoms. The molecule has 5 N–H and O–H groups in total. The van der Waals surface area contributed by atoms with E-state index in [9.17, 15) is 38.7 Å². The Labute approximate surface area is 559 Å². The highest BCUT2D eigenvalue weighted by Crippen LogP contribution is 2.26. The maximum Gasteiger partial charge on any atom is 0.246 e. The van der Waals surface area contributed by atoms with Crippen LogP contribution in [0.3, 0.4) is 0 Å². The number of rotatable bonds is 22. The fourth-order valence-electron chi connectivity index (χ4n) is 12.0. The summed E-state index contributed by atoms with van der Waals surface area (Å²) < 4.78 is 0. The standard InChI is InChI=1S/C69H126N12O12/c1-26-30-33-47(17)59(83)58-63(87)71-49(27-2)64(88)74(19)40-55(82)75(20)51(36-41(5)6)62(86)73-56(45(13)14)68(92)76(21)52(37-42(7)8)61(85)70-48(18)60(84)72-50(34-31-32-35-81(28-3)29-4)65(89)77(22)53(38-43(9)10)66(90)78(23)54(39-44(11)12)67(91)79(24)57(46(15)16)69(93)80(58)25/h26,30,41-54,56-59,83H,27-29,31-40H2,1-25H3,(H,70,85)(H,71,87)(H,72,84)(H,73,86)/b30-26+/t47-,48+,49+,50-,51+,52+,53+,54+,56+,57+,58+,59-/m1/s1. The predicted octanol–water partition coefficient (Wildman–Crippen LogP) is 4.76. The average Bonchev–Trinajstić information content (AvgIpc) is 0.991. The molecule has 24 nitrogen and oxygen atoms in total. The molecule has 12 atom stereocenters. The molecule has 1 heterocycles. The van der Waals surface area contributed by atoms with Crippen molar-refractivity contribution in [3.8, 4) is 0 Å². The molecule has 1 aliphatic rings. The van der Waals surface area contributed by atoms with Crippen LogP contribution >= 0.6 is 0 Å². The van der Waals surface area contributed by atoms with Crippen LogP contribution in [-0.4, -0.2) is 251 Å². The van der Waals surface area contributed by atoms with Gasteiger partial charge in [0.15, 0.2) is 0 Å². The molecule has 0 aromatic carbocycles. The number of amides is 11. The molecule has 0 bridgehead atoms. The summed E-state index contributed by atoms with van der Waals surface area (Å²) in [5.74, 6) is -9.60. The van der Waals surface area contributed by atoms with E-state index in [2.05, 4.69) is 40.0 Å². The van der Waals surface area contributed by atoms with E-state index in [1.54, 1.807) is 47.6 Å². The van der Waals surface area contributed by atoms with Gasteiger partial charge in [0.25, 0.3) is 0 Å². The zero-order chi connectivity index (χ0) is 71.8. The van der Waals surface area contributed by atoms with Crippen molar-refractivity contribution in [1.82, 2.24) is 60.5 Å². The molecular weight excluding hydrogens is 1190 g/mol. The SMILES string of the molecule is C/C=C/C[C@@H](C)[C@@H](O)[C@H]1C(=O)N[C@@H](CC)C(=O)N(C)CC(=O)N(C)[C@@H](CC(C)C)C(=O)N[C@@H](C(C)C)C(=O)N(C)[C@@H](CC(C)C)C(=O)N[C@@H](C)C(=O)N[C@H](CCCCN(CC)CC)C(=O)N(C)[C@@H](CC(C)C)C(=O)N(C)[C@@H](CC(C)C)C(=O)N(C)[C@@H](C(C)C)C(=O)N1C. The number of carbonyl (C=O) groups excluding carboxylic acids is 11. The van der Waals surface area contributed by atoms with Crippen LogP contribution in [-0.2, 0) is 52.7 Å². The van der Waals surface area contributed by atoms with Crippen molar-refractivity contribution in [3.05, 3.63) is 12.2 Å². The summed E-state index contributed by atoms with van der Waals surface area (Å²) in [7, 11) is 10.1. The predicted molar refractivity (Wildman–Crippen MR) is 364 cm³/mol. The van der Waals surface area contributed by atoms with Gasteiger partial charge in [-0.15, -0.1) is 0 Å². The molecular formula is C69H126N12O12. The van der Waals surface area contributed by atoms with Crippen molar-refractivity contribution in [2.45, 2.75) is 249 Å². The van der Waals surface area contributed by atoms with Gasteiger partial charge in [-0.05, 0) is 133 Å². The van der Waals surface area contributed by atoms with E-state index in [0.29, 0.717) is 19.3 Å². The molecule has 24 heteroatoms. The van der Waals surface area contributed by atoms with Crippen molar-refractivity contribution >= 4 is 65.0 Å². The summed E-state index contributed by atoms with van der Waals surface area (Å²) >= 11 is 0. The summed E-state index contributed by atoms with van der Waals surface area (Å²) in [6, 6.07) is -12.4. The Hall–Kier alpha value is -6.17. The molecule has 1 aliphatic heterocycles. The van der Waals surface area contributed by atoms with Crippen molar-refractivity contribution < 1.29 is 57.8 Å².